The lowest BCUT2D eigenvalue weighted by atomic mass is 10.1. The molecule has 5 nitrogen and oxygen atoms in total. The first-order valence-corrected chi connectivity index (χ1v) is 8.53. The molecule has 0 saturated carbocycles. The van der Waals surface area contributed by atoms with E-state index in [9.17, 15) is 9.59 Å². The van der Waals surface area contributed by atoms with Gasteiger partial charge in [-0.2, -0.15) is 11.3 Å². The fourth-order valence-electron chi connectivity index (χ4n) is 2.45. The van der Waals surface area contributed by atoms with E-state index in [0.717, 1.165) is 18.5 Å². The van der Waals surface area contributed by atoms with Crippen molar-refractivity contribution in [3.8, 4) is 0 Å². The van der Waals surface area contributed by atoms with Gasteiger partial charge in [-0.25, -0.2) is 4.79 Å². The van der Waals surface area contributed by atoms with Crippen molar-refractivity contribution in [2.24, 2.45) is 5.92 Å². The van der Waals surface area contributed by atoms with Gasteiger partial charge in [0.15, 0.2) is 0 Å². The Morgan fingerprint density at radius 3 is 2.86 bits per heavy atom. The molecule has 2 rings (SSSR count). The van der Waals surface area contributed by atoms with Gasteiger partial charge in [0.05, 0.1) is 6.42 Å². The number of hydrogen-bond acceptors (Lipinski definition) is 4. The van der Waals surface area contributed by atoms with Crippen LogP contribution in [0.4, 0.5) is 4.79 Å². The molecule has 1 aliphatic rings. The molecule has 122 valence electrons. The van der Waals surface area contributed by atoms with E-state index in [2.05, 4.69) is 5.32 Å². The minimum atomic E-state index is -0.484. The van der Waals surface area contributed by atoms with Gasteiger partial charge in [0.1, 0.15) is 5.60 Å². The molecular formula is C16H24N2O3S. The summed E-state index contributed by atoms with van der Waals surface area (Å²) >= 11 is 1.61. The summed E-state index contributed by atoms with van der Waals surface area (Å²) in [6.45, 7) is 7.55. The lowest BCUT2D eigenvalue weighted by Gasteiger charge is -2.21. The van der Waals surface area contributed by atoms with E-state index >= 15 is 0 Å². The summed E-state index contributed by atoms with van der Waals surface area (Å²) in [6, 6.07) is 1.99. The summed E-state index contributed by atoms with van der Waals surface area (Å²) in [5.41, 5.74) is 0.591. The largest absolute Gasteiger partial charge is 0.444 e. The highest BCUT2D eigenvalue weighted by molar-refractivity contribution is 7.07. The highest BCUT2D eigenvalue weighted by Gasteiger charge is 2.27. The monoisotopic (exact) mass is 324 g/mol. The Balaban J connectivity index is 1.71. The molecule has 0 radical (unpaired) electrons. The Hall–Kier alpha value is -1.56. The number of rotatable bonds is 4. The summed E-state index contributed by atoms with van der Waals surface area (Å²) in [6.07, 6.45) is 0.997. The van der Waals surface area contributed by atoms with Crippen molar-refractivity contribution < 1.29 is 14.3 Å². The van der Waals surface area contributed by atoms with E-state index in [4.69, 9.17) is 4.74 Å². The van der Waals surface area contributed by atoms with E-state index < -0.39 is 11.7 Å². The minimum Gasteiger partial charge on any atom is -0.444 e. The van der Waals surface area contributed by atoms with Crippen molar-refractivity contribution in [3.05, 3.63) is 22.4 Å². The number of alkyl carbamates (subject to hydrolysis) is 1. The van der Waals surface area contributed by atoms with Crippen LogP contribution < -0.4 is 5.32 Å². The van der Waals surface area contributed by atoms with E-state index in [1.807, 2.05) is 42.5 Å². The molecule has 0 bridgehead atoms. The van der Waals surface area contributed by atoms with Crippen LogP contribution in [0.15, 0.2) is 16.8 Å². The summed E-state index contributed by atoms with van der Waals surface area (Å²) in [5.74, 6) is 0.470. The first kappa shape index (κ1) is 16.8. The Labute approximate surface area is 135 Å². The van der Waals surface area contributed by atoms with Crippen LogP contribution in [0.25, 0.3) is 0 Å². The third-order valence-corrected chi connectivity index (χ3v) is 4.24. The van der Waals surface area contributed by atoms with Crippen LogP contribution in [0.5, 0.6) is 0 Å². The molecule has 1 N–H and O–H groups in total. The first-order valence-electron chi connectivity index (χ1n) is 7.59. The first-order chi connectivity index (χ1) is 10.3. The normalized spacial score (nSPS) is 18.3. The molecule has 6 heteroatoms. The van der Waals surface area contributed by atoms with Gasteiger partial charge < -0.3 is 15.0 Å². The third-order valence-electron chi connectivity index (χ3n) is 3.51. The molecule has 0 unspecified atom stereocenters. The zero-order chi connectivity index (χ0) is 16.2. The minimum absolute atomic E-state index is 0.165. The van der Waals surface area contributed by atoms with Crippen LogP contribution in [-0.4, -0.2) is 42.1 Å². The Kier molecular flexibility index (Phi) is 5.45. The van der Waals surface area contributed by atoms with Gasteiger partial charge >= 0.3 is 6.09 Å². The summed E-state index contributed by atoms with van der Waals surface area (Å²) in [5, 5.41) is 6.78. The van der Waals surface area contributed by atoms with Crippen LogP contribution in [0.1, 0.15) is 32.8 Å². The van der Waals surface area contributed by atoms with Crippen molar-refractivity contribution in [1.29, 1.82) is 0 Å². The van der Waals surface area contributed by atoms with Crippen LogP contribution in [0.3, 0.4) is 0 Å². The molecule has 2 heterocycles. The highest BCUT2D eigenvalue weighted by Crippen LogP contribution is 2.18. The summed E-state index contributed by atoms with van der Waals surface area (Å²) < 4.78 is 5.21. The van der Waals surface area contributed by atoms with E-state index in [1.54, 1.807) is 11.3 Å². The number of amides is 2. The second kappa shape index (κ2) is 7.13. The van der Waals surface area contributed by atoms with Crippen LogP contribution in [-0.2, 0) is 16.0 Å². The van der Waals surface area contributed by atoms with Gasteiger partial charge in [-0.1, -0.05) is 0 Å². The molecule has 1 aromatic heterocycles. The molecule has 1 aliphatic heterocycles. The van der Waals surface area contributed by atoms with Crippen LogP contribution in [0.2, 0.25) is 0 Å². The smallest absolute Gasteiger partial charge is 0.407 e. The SMILES string of the molecule is CC(C)(C)OC(=O)NC[C@@H]1CCN(C(=O)Cc2ccsc2)C1. The lowest BCUT2D eigenvalue weighted by molar-refractivity contribution is -0.129. The Morgan fingerprint density at radius 2 is 2.23 bits per heavy atom. The maximum atomic E-state index is 12.2. The van der Waals surface area contributed by atoms with Gasteiger partial charge in [-0.15, -0.1) is 0 Å². The van der Waals surface area contributed by atoms with Crippen molar-refractivity contribution in [2.75, 3.05) is 19.6 Å². The zero-order valence-corrected chi connectivity index (χ0v) is 14.2. The quantitative estimate of drug-likeness (QED) is 0.926. The topological polar surface area (TPSA) is 58.6 Å². The van der Waals surface area contributed by atoms with Gasteiger partial charge in [0.2, 0.25) is 5.91 Å². The number of carbonyl (C=O) groups is 2. The fourth-order valence-corrected chi connectivity index (χ4v) is 3.12. The summed E-state index contributed by atoms with van der Waals surface area (Å²) in [7, 11) is 0. The van der Waals surface area contributed by atoms with Gasteiger partial charge in [-0.05, 0) is 55.5 Å². The molecule has 22 heavy (non-hydrogen) atoms. The molecule has 0 aromatic carbocycles. The van der Waals surface area contributed by atoms with Crippen molar-refractivity contribution in [2.45, 2.75) is 39.2 Å². The standard InChI is InChI=1S/C16H24N2O3S/c1-16(2,3)21-15(20)17-9-13-4-6-18(10-13)14(19)8-12-5-7-22-11-12/h5,7,11,13H,4,6,8-10H2,1-3H3,(H,17,20)/t13-/m0/s1. The Bertz CT molecular complexity index is 508. The van der Waals surface area contributed by atoms with Crippen molar-refractivity contribution in [1.82, 2.24) is 10.2 Å². The van der Waals surface area contributed by atoms with E-state index in [1.165, 1.54) is 0 Å². The fraction of sp³-hybridized carbons (Fsp3) is 0.625. The summed E-state index contributed by atoms with van der Waals surface area (Å²) in [4.78, 5) is 25.7. The molecule has 1 aromatic rings. The number of ether oxygens (including phenoxy) is 1. The third kappa shape index (κ3) is 5.33. The lowest BCUT2D eigenvalue weighted by Crippen LogP contribution is -2.36. The van der Waals surface area contributed by atoms with Gasteiger partial charge in [-0.3, -0.25) is 4.79 Å². The number of thiophene rings is 1. The molecule has 0 aliphatic carbocycles. The number of nitrogens with one attached hydrogen (secondary N) is 1. The maximum absolute atomic E-state index is 12.2. The number of hydrogen-bond donors (Lipinski definition) is 1. The van der Waals surface area contributed by atoms with E-state index in [-0.39, 0.29) is 5.91 Å². The molecule has 0 spiro atoms. The molecule has 2 amide bonds. The molecule has 1 fully saturated rings. The second-order valence-corrected chi connectivity index (χ2v) is 7.47. The highest BCUT2D eigenvalue weighted by atomic mass is 32.1. The van der Waals surface area contributed by atoms with Gasteiger partial charge in [0.25, 0.3) is 0 Å². The molecule has 1 atom stereocenters. The van der Waals surface area contributed by atoms with Crippen molar-refractivity contribution in [3.63, 3.8) is 0 Å². The number of nitrogens with zero attached hydrogens (tertiary/aromatic N) is 1. The van der Waals surface area contributed by atoms with Crippen LogP contribution >= 0.6 is 11.3 Å². The average molecular weight is 324 g/mol. The maximum Gasteiger partial charge on any atom is 0.407 e. The molecule has 1 saturated heterocycles. The van der Waals surface area contributed by atoms with Gasteiger partial charge in [0, 0.05) is 19.6 Å². The number of likely N-dealkylation sites (tertiary alicyclic amines) is 1. The van der Waals surface area contributed by atoms with E-state index in [0.29, 0.717) is 25.4 Å². The predicted molar refractivity (Wildman–Crippen MR) is 86.9 cm³/mol. The number of carbonyl (C=O) groups excluding carboxylic acids is 2. The average Bonchev–Trinajstić information content (AvgIpc) is 3.05. The van der Waals surface area contributed by atoms with Crippen LogP contribution in [0, 0.1) is 5.92 Å². The molecular weight excluding hydrogens is 300 g/mol. The predicted octanol–water partition coefficient (Wildman–Crippen LogP) is 2.66. The van der Waals surface area contributed by atoms with Crippen molar-refractivity contribution >= 4 is 23.3 Å². The Morgan fingerprint density at radius 1 is 1.45 bits per heavy atom. The second-order valence-electron chi connectivity index (χ2n) is 6.69. The zero-order valence-electron chi connectivity index (χ0n) is 13.4.